The van der Waals surface area contributed by atoms with Crippen molar-refractivity contribution < 1.29 is 17.6 Å². The maximum atomic E-state index is 12.5. The van der Waals surface area contributed by atoms with Crippen molar-refractivity contribution in [2.24, 2.45) is 0 Å². The number of hydrogen-bond acceptors (Lipinski definition) is 4. The van der Waals surface area contributed by atoms with Gasteiger partial charge in [0.15, 0.2) is 0 Å². The second kappa shape index (κ2) is 6.81. The minimum absolute atomic E-state index is 0.0199. The first-order valence-corrected chi connectivity index (χ1v) is 9.14. The molecule has 21 heavy (non-hydrogen) atoms. The lowest BCUT2D eigenvalue weighted by Crippen LogP contribution is -2.45. The van der Waals surface area contributed by atoms with Crippen LogP contribution in [0.5, 0.6) is 0 Å². The average molecular weight is 335 g/mol. The van der Waals surface area contributed by atoms with Gasteiger partial charge in [0.05, 0.1) is 18.1 Å². The molecule has 1 N–H and O–H groups in total. The van der Waals surface area contributed by atoms with E-state index in [0.717, 1.165) is 25.5 Å². The van der Waals surface area contributed by atoms with Gasteiger partial charge >= 0.3 is 0 Å². The molecule has 1 aromatic rings. The van der Waals surface area contributed by atoms with Crippen LogP contribution in [0.3, 0.4) is 0 Å². The third-order valence-corrected chi connectivity index (χ3v) is 4.60. The lowest BCUT2D eigenvalue weighted by Gasteiger charge is -2.35. The van der Waals surface area contributed by atoms with Gasteiger partial charge in [0, 0.05) is 19.1 Å². The molecule has 0 radical (unpaired) electrons. The molecule has 6 nitrogen and oxygen atoms in total. The Bertz CT molecular complexity index is 599. The molecule has 0 spiro atoms. The van der Waals surface area contributed by atoms with E-state index in [1.54, 1.807) is 11.0 Å². The summed E-state index contributed by atoms with van der Waals surface area (Å²) < 4.78 is 29.6. The molecule has 2 rings (SSSR count). The van der Waals surface area contributed by atoms with E-state index < -0.39 is 10.0 Å². The number of carbonyl (C=O) groups excluding carboxylic acids is 1. The lowest BCUT2D eigenvalue weighted by atomic mass is 9.98. The standard InChI is InChI=1S/C13H19ClN2O4S/c1-21(18,19)15-7-5-10-4-2-3-8-16(10)13(17)11-6-9-20-12(11)14/h6,9-10,15H,2-5,7-8H2,1H3. The minimum Gasteiger partial charge on any atom is -0.452 e. The average Bonchev–Trinajstić information content (AvgIpc) is 2.83. The molecule has 1 atom stereocenters. The lowest BCUT2D eigenvalue weighted by molar-refractivity contribution is 0.0603. The summed E-state index contributed by atoms with van der Waals surface area (Å²) in [5.41, 5.74) is 0.361. The molecular weight excluding hydrogens is 316 g/mol. The van der Waals surface area contributed by atoms with Crippen molar-refractivity contribution in [1.29, 1.82) is 0 Å². The van der Waals surface area contributed by atoms with Crippen LogP contribution >= 0.6 is 11.6 Å². The summed E-state index contributed by atoms with van der Waals surface area (Å²) in [5.74, 6) is -0.155. The number of hydrogen-bond donors (Lipinski definition) is 1. The zero-order valence-electron chi connectivity index (χ0n) is 11.8. The van der Waals surface area contributed by atoms with Crippen LogP contribution in [0.15, 0.2) is 16.7 Å². The molecule has 1 unspecified atom stereocenters. The monoisotopic (exact) mass is 334 g/mol. The first kappa shape index (κ1) is 16.3. The SMILES string of the molecule is CS(=O)(=O)NCCC1CCCCN1C(=O)c1ccoc1Cl. The Morgan fingerprint density at radius 1 is 1.52 bits per heavy atom. The second-order valence-corrected chi connectivity index (χ2v) is 7.39. The Balaban J connectivity index is 2.02. The van der Waals surface area contributed by atoms with E-state index in [1.165, 1.54) is 6.26 Å². The topological polar surface area (TPSA) is 79.6 Å². The first-order chi connectivity index (χ1) is 9.88. The van der Waals surface area contributed by atoms with Crippen LogP contribution in [0, 0.1) is 0 Å². The Hall–Kier alpha value is -1.05. The van der Waals surface area contributed by atoms with E-state index in [0.29, 0.717) is 25.1 Å². The minimum atomic E-state index is -3.20. The Kier molecular flexibility index (Phi) is 5.29. The van der Waals surface area contributed by atoms with Crippen molar-refractivity contribution in [3.05, 3.63) is 23.1 Å². The molecular formula is C13H19ClN2O4S. The number of amides is 1. The number of piperidine rings is 1. The van der Waals surface area contributed by atoms with Gasteiger partial charge in [-0.15, -0.1) is 0 Å². The van der Waals surface area contributed by atoms with Crippen LogP contribution in [-0.4, -0.2) is 44.6 Å². The fourth-order valence-electron chi connectivity index (χ4n) is 2.58. The van der Waals surface area contributed by atoms with Crippen molar-refractivity contribution >= 4 is 27.5 Å². The largest absolute Gasteiger partial charge is 0.452 e. The highest BCUT2D eigenvalue weighted by Crippen LogP contribution is 2.25. The molecule has 1 aliphatic heterocycles. The third kappa shape index (κ3) is 4.46. The normalized spacial score (nSPS) is 19.7. The molecule has 0 aliphatic carbocycles. The molecule has 1 saturated heterocycles. The van der Waals surface area contributed by atoms with E-state index in [9.17, 15) is 13.2 Å². The van der Waals surface area contributed by atoms with Gasteiger partial charge in [-0.25, -0.2) is 13.1 Å². The van der Waals surface area contributed by atoms with E-state index in [2.05, 4.69) is 4.72 Å². The molecule has 2 heterocycles. The van der Waals surface area contributed by atoms with E-state index in [4.69, 9.17) is 16.0 Å². The fourth-order valence-corrected chi connectivity index (χ4v) is 3.26. The maximum absolute atomic E-state index is 12.5. The van der Waals surface area contributed by atoms with Gasteiger partial charge in [-0.2, -0.15) is 0 Å². The first-order valence-electron chi connectivity index (χ1n) is 6.87. The fraction of sp³-hybridized carbons (Fsp3) is 0.615. The predicted molar refractivity (Wildman–Crippen MR) is 79.9 cm³/mol. The van der Waals surface area contributed by atoms with Gasteiger partial charge in [0.25, 0.3) is 5.91 Å². The summed E-state index contributed by atoms with van der Waals surface area (Å²) in [4.78, 5) is 14.3. The smallest absolute Gasteiger partial charge is 0.258 e. The van der Waals surface area contributed by atoms with E-state index in [1.807, 2.05) is 0 Å². The molecule has 118 valence electrons. The Morgan fingerprint density at radius 3 is 2.90 bits per heavy atom. The number of likely N-dealkylation sites (tertiary alicyclic amines) is 1. The van der Waals surface area contributed by atoms with Gasteiger partial charge in [-0.3, -0.25) is 4.79 Å². The highest BCUT2D eigenvalue weighted by Gasteiger charge is 2.29. The molecule has 0 aromatic carbocycles. The van der Waals surface area contributed by atoms with Gasteiger partial charge in [0.2, 0.25) is 15.2 Å². The third-order valence-electron chi connectivity index (χ3n) is 3.58. The summed E-state index contributed by atoms with van der Waals surface area (Å²) in [6.45, 7) is 0.982. The molecule has 1 aliphatic rings. The number of rotatable bonds is 5. The number of furan rings is 1. The molecule has 1 fully saturated rings. The quantitative estimate of drug-likeness (QED) is 0.891. The molecule has 8 heteroatoms. The van der Waals surface area contributed by atoms with Crippen LogP contribution in [0.4, 0.5) is 0 Å². The molecule has 1 amide bonds. The number of nitrogens with one attached hydrogen (secondary N) is 1. The zero-order valence-corrected chi connectivity index (χ0v) is 13.4. The van der Waals surface area contributed by atoms with Crippen molar-refractivity contribution in [3.63, 3.8) is 0 Å². The zero-order chi connectivity index (χ0) is 15.5. The van der Waals surface area contributed by atoms with Gasteiger partial charge in [0.1, 0.15) is 0 Å². The van der Waals surface area contributed by atoms with E-state index in [-0.39, 0.29) is 17.2 Å². The summed E-state index contributed by atoms with van der Waals surface area (Å²) >= 11 is 5.86. The van der Waals surface area contributed by atoms with Crippen LogP contribution in [0.2, 0.25) is 5.22 Å². The van der Waals surface area contributed by atoms with Crippen molar-refractivity contribution in [1.82, 2.24) is 9.62 Å². The number of carbonyl (C=O) groups is 1. The van der Waals surface area contributed by atoms with E-state index >= 15 is 0 Å². The van der Waals surface area contributed by atoms with Crippen LogP contribution in [0.1, 0.15) is 36.0 Å². The molecule has 1 aromatic heterocycles. The molecule has 0 bridgehead atoms. The maximum Gasteiger partial charge on any atom is 0.258 e. The highest BCUT2D eigenvalue weighted by atomic mass is 35.5. The summed E-state index contributed by atoms with van der Waals surface area (Å²) in [6, 6.07) is 1.58. The summed E-state index contributed by atoms with van der Waals surface area (Å²) in [6.07, 6.45) is 5.95. The van der Waals surface area contributed by atoms with Gasteiger partial charge in [-0.1, -0.05) is 0 Å². The van der Waals surface area contributed by atoms with Crippen molar-refractivity contribution in [3.8, 4) is 0 Å². The predicted octanol–water partition coefficient (Wildman–Crippen LogP) is 1.87. The van der Waals surface area contributed by atoms with Crippen LogP contribution in [-0.2, 0) is 10.0 Å². The second-order valence-electron chi connectivity index (χ2n) is 5.21. The van der Waals surface area contributed by atoms with Gasteiger partial charge < -0.3 is 9.32 Å². The van der Waals surface area contributed by atoms with Crippen LogP contribution < -0.4 is 4.72 Å². The van der Waals surface area contributed by atoms with Crippen molar-refractivity contribution in [2.45, 2.75) is 31.7 Å². The number of nitrogens with zero attached hydrogens (tertiary/aromatic N) is 1. The van der Waals surface area contributed by atoms with Crippen LogP contribution in [0.25, 0.3) is 0 Å². The summed E-state index contributed by atoms with van der Waals surface area (Å²) in [7, 11) is -3.20. The van der Waals surface area contributed by atoms with Gasteiger partial charge in [-0.05, 0) is 43.4 Å². The summed E-state index contributed by atoms with van der Waals surface area (Å²) in [5, 5.41) is 0.0959. The van der Waals surface area contributed by atoms with Crippen molar-refractivity contribution in [2.75, 3.05) is 19.3 Å². The number of sulfonamides is 1. The Morgan fingerprint density at radius 2 is 2.29 bits per heavy atom. The Labute approximate surface area is 129 Å². The number of halogens is 1. The molecule has 0 saturated carbocycles. The highest BCUT2D eigenvalue weighted by molar-refractivity contribution is 7.88.